The highest BCUT2D eigenvalue weighted by atomic mass is 16.5. The Morgan fingerprint density at radius 1 is 1.06 bits per heavy atom. The molecule has 0 saturated carbocycles. The lowest BCUT2D eigenvalue weighted by molar-refractivity contribution is -0.147. The van der Waals surface area contributed by atoms with Crippen molar-refractivity contribution in [2.24, 2.45) is 0 Å². The van der Waals surface area contributed by atoms with Gasteiger partial charge in [-0.3, -0.25) is 23.9 Å². The minimum Gasteiger partial charge on any atom is -0.497 e. The first kappa shape index (κ1) is 26.1. The molecule has 0 saturated heterocycles. The molecule has 11 nitrogen and oxygen atoms in total. The van der Waals surface area contributed by atoms with E-state index in [1.165, 1.54) is 18.8 Å². The average Bonchev–Trinajstić information content (AvgIpc) is 2.88. The predicted molar refractivity (Wildman–Crippen MR) is 134 cm³/mol. The molecular weight excluding hydrogens is 468 g/mol. The number of rotatable bonds is 10. The number of nitrogen functional groups attached to an aromatic ring is 1. The summed E-state index contributed by atoms with van der Waals surface area (Å²) >= 11 is 0. The second-order valence-electron chi connectivity index (χ2n) is 7.72. The number of nitrogens with two attached hydrogens (primary N) is 1. The Morgan fingerprint density at radius 2 is 1.78 bits per heavy atom. The number of nitrogens with one attached hydrogen (secondary N) is 1. The Kier molecular flexibility index (Phi) is 8.50. The van der Waals surface area contributed by atoms with Crippen LogP contribution >= 0.6 is 0 Å². The van der Waals surface area contributed by atoms with E-state index in [0.717, 1.165) is 10.5 Å². The number of ether oxygens (including phenoxy) is 3. The van der Waals surface area contributed by atoms with Crippen LogP contribution in [0.4, 0.5) is 11.5 Å². The van der Waals surface area contributed by atoms with Gasteiger partial charge in [0.15, 0.2) is 12.3 Å². The number of benzene rings is 2. The van der Waals surface area contributed by atoms with E-state index in [4.69, 9.17) is 19.9 Å². The SMILES string of the molecule is CCN(C(=O)COC(=O)Cc1ccc(OC)cc1OC)c1c(N)n(Cc2ccccc2)c(=O)[nH]c1=O. The molecule has 0 aliphatic heterocycles. The van der Waals surface area contributed by atoms with Crippen molar-refractivity contribution in [2.45, 2.75) is 19.9 Å². The molecule has 1 amide bonds. The molecule has 3 aromatic rings. The van der Waals surface area contributed by atoms with E-state index in [0.29, 0.717) is 17.1 Å². The van der Waals surface area contributed by atoms with Gasteiger partial charge < -0.3 is 24.8 Å². The number of methoxy groups -OCH3 is 2. The van der Waals surface area contributed by atoms with Crippen LogP contribution in [0.2, 0.25) is 0 Å². The summed E-state index contributed by atoms with van der Waals surface area (Å²) in [6.45, 7) is 1.16. The summed E-state index contributed by atoms with van der Waals surface area (Å²) in [4.78, 5) is 53.6. The number of likely N-dealkylation sites (N-methyl/N-ethyl adjacent to an activating group) is 1. The van der Waals surface area contributed by atoms with Gasteiger partial charge in [-0.25, -0.2) is 4.79 Å². The third kappa shape index (κ3) is 5.93. The van der Waals surface area contributed by atoms with Gasteiger partial charge in [0.1, 0.15) is 17.3 Å². The van der Waals surface area contributed by atoms with Gasteiger partial charge in [-0.2, -0.15) is 0 Å². The lowest BCUT2D eigenvalue weighted by Gasteiger charge is -2.23. The van der Waals surface area contributed by atoms with Crippen molar-refractivity contribution < 1.29 is 23.8 Å². The minimum atomic E-state index is -0.814. The van der Waals surface area contributed by atoms with Crippen LogP contribution in [-0.2, 0) is 27.3 Å². The zero-order chi connectivity index (χ0) is 26.2. The topological polar surface area (TPSA) is 146 Å². The Balaban J connectivity index is 1.76. The Morgan fingerprint density at radius 3 is 2.42 bits per heavy atom. The summed E-state index contributed by atoms with van der Waals surface area (Å²) in [5.74, 6) is -0.507. The number of aromatic amines is 1. The maximum absolute atomic E-state index is 12.9. The van der Waals surface area contributed by atoms with Crippen molar-refractivity contribution in [3.05, 3.63) is 80.5 Å². The average molecular weight is 497 g/mol. The Labute approximate surface area is 207 Å². The lowest BCUT2D eigenvalue weighted by Crippen LogP contribution is -2.42. The largest absolute Gasteiger partial charge is 0.497 e. The number of hydrogen-bond donors (Lipinski definition) is 2. The molecule has 0 aliphatic rings. The predicted octanol–water partition coefficient (Wildman–Crippen LogP) is 1.32. The van der Waals surface area contributed by atoms with E-state index >= 15 is 0 Å². The van der Waals surface area contributed by atoms with E-state index in [1.807, 2.05) is 6.07 Å². The van der Waals surface area contributed by atoms with Crippen LogP contribution in [0.15, 0.2) is 58.1 Å². The molecule has 11 heteroatoms. The minimum absolute atomic E-state index is 0.0551. The molecule has 2 aromatic carbocycles. The van der Waals surface area contributed by atoms with Crippen molar-refractivity contribution in [2.75, 3.05) is 38.0 Å². The molecule has 0 fully saturated rings. The van der Waals surface area contributed by atoms with Gasteiger partial charge in [0, 0.05) is 18.2 Å². The molecule has 0 bridgehead atoms. The number of H-pyrrole nitrogens is 1. The van der Waals surface area contributed by atoms with E-state index in [-0.39, 0.29) is 31.0 Å². The first-order valence-corrected chi connectivity index (χ1v) is 11.1. The number of carbonyl (C=O) groups excluding carboxylic acids is 2. The van der Waals surface area contributed by atoms with Crippen LogP contribution in [0.5, 0.6) is 11.5 Å². The first-order valence-electron chi connectivity index (χ1n) is 11.1. The molecule has 190 valence electrons. The first-order chi connectivity index (χ1) is 17.3. The highest BCUT2D eigenvalue weighted by Crippen LogP contribution is 2.25. The quantitative estimate of drug-likeness (QED) is 0.400. The fourth-order valence-electron chi connectivity index (χ4n) is 3.64. The molecule has 0 spiro atoms. The second-order valence-corrected chi connectivity index (χ2v) is 7.72. The van der Waals surface area contributed by atoms with E-state index in [9.17, 15) is 19.2 Å². The van der Waals surface area contributed by atoms with Crippen LogP contribution in [0.1, 0.15) is 18.1 Å². The lowest BCUT2D eigenvalue weighted by atomic mass is 10.1. The summed E-state index contributed by atoms with van der Waals surface area (Å²) in [5.41, 5.74) is 5.81. The molecule has 0 aliphatic carbocycles. The van der Waals surface area contributed by atoms with E-state index < -0.39 is 29.7 Å². The number of esters is 1. The zero-order valence-electron chi connectivity index (χ0n) is 20.3. The number of aromatic nitrogens is 2. The molecule has 0 radical (unpaired) electrons. The van der Waals surface area contributed by atoms with E-state index in [1.54, 1.807) is 49.4 Å². The Bertz CT molecular complexity index is 1350. The van der Waals surface area contributed by atoms with Gasteiger partial charge in [0.2, 0.25) is 0 Å². The molecule has 1 heterocycles. The van der Waals surface area contributed by atoms with Gasteiger partial charge in [0.25, 0.3) is 11.5 Å². The van der Waals surface area contributed by atoms with Crippen LogP contribution < -0.4 is 31.4 Å². The van der Waals surface area contributed by atoms with Crippen molar-refractivity contribution in [3.8, 4) is 11.5 Å². The van der Waals surface area contributed by atoms with E-state index in [2.05, 4.69) is 4.98 Å². The van der Waals surface area contributed by atoms with Crippen LogP contribution in [0.25, 0.3) is 0 Å². The molecular formula is C25H28N4O7. The highest BCUT2D eigenvalue weighted by Gasteiger charge is 2.24. The van der Waals surface area contributed by atoms with Crippen LogP contribution in [-0.4, -0.2) is 48.8 Å². The maximum atomic E-state index is 12.9. The standard InChI is InChI=1S/C25H28N4O7/c1-4-28(20(30)15-36-21(31)12-17-10-11-18(34-2)13-19(17)35-3)22-23(26)29(25(33)27-24(22)32)14-16-8-6-5-7-9-16/h5-11,13H,4,12,14-15,26H2,1-3H3,(H,27,32,33). The van der Waals surface area contributed by atoms with Gasteiger partial charge in [0.05, 0.1) is 27.2 Å². The van der Waals surface area contributed by atoms with Crippen molar-refractivity contribution in [1.29, 1.82) is 0 Å². The number of nitrogens with zero attached hydrogens (tertiary/aromatic N) is 2. The molecule has 1 aromatic heterocycles. The van der Waals surface area contributed by atoms with Crippen molar-refractivity contribution in [3.63, 3.8) is 0 Å². The highest BCUT2D eigenvalue weighted by molar-refractivity contribution is 5.97. The summed E-state index contributed by atoms with van der Waals surface area (Å²) in [6, 6.07) is 14.0. The van der Waals surface area contributed by atoms with Crippen molar-refractivity contribution >= 4 is 23.4 Å². The summed E-state index contributed by atoms with van der Waals surface area (Å²) in [5, 5.41) is 0. The molecule has 0 atom stereocenters. The fourth-order valence-corrected chi connectivity index (χ4v) is 3.64. The third-order valence-corrected chi connectivity index (χ3v) is 5.47. The van der Waals surface area contributed by atoms with Gasteiger partial charge in [-0.1, -0.05) is 36.4 Å². The Hall–Kier alpha value is -4.54. The number of carbonyl (C=O) groups is 2. The van der Waals surface area contributed by atoms with Crippen molar-refractivity contribution in [1.82, 2.24) is 9.55 Å². The molecule has 3 N–H and O–H groups in total. The second kappa shape index (κ2) is 11.7. The third-order valence-electron chi connectivity index (χ3n) is 5.47. The summed E-state index contributed by atoms with van der Waals surface area (Å²) in [7, 11) is 2.98. The monoisotopic (exact) mass is 496 g/mol. The summed E-state index contributed by atoms with van der Waals surface area (Å²) < 4.78 is 16.7. The number of anilines is 2. The number of hydrogen-bond acceptors (Lipinski definition) is 8. The zero-order valence-corrected chi connectivity index (χ0v) is 20.3. The fraction of sp³-hybridized carbons (Fsp3) is 0.280. The summed E-state index contributed by atoms with van der Waals surface area (Å²) in [6.07, 6.45) is -0.142. The number of amides is 1. The normalized spacial score (nSPS) is 10.5. The van der Waals surface area contributed by atoms with Crippen LogP contribution in [0, 0.1) is 0 Å². The molecule has 0 unspecified atom stereocenters. The van der Waals surface area contributed by atoms with Crippen LogP contribution in [0.3, 0.4) is 0 Å². The van der Waals surface area contributed by atoms with Gasteiger partial charge >= 0.3 is 11.7 Å². The smallest absolute Gasteiger partial charge is 0.330 e. The molecule has 36 heavy (non-hydrogen) atoms. The molecule has 3 rings (SSSR count). The maximum Gasteiger partial charge on any atom is 0.330 e. The van der Waals surface area contributed by atoms with Gasteiger partial charge in [-0.15, -0.1) is 0 Å². The van der Waals surface area contributed by atoms with Gasteiger partial charge in [-0.05, 0) is 18.6 Å².